The van der Waals surface area contributed by atoms with E-state index in [0.717, 1.165) is 39.5 Å². The number of carbonyl (C=O) groups is 1. The second-order valence-electron chi connectivity index (χ2n) is 8.84. The van der Waals surface area contributed by atoms with Gasteiger partial charge >= 0.3 is 0 Å². The highest BCUT2D eigenvalue weighted by molar-refractivity contribution is 5.89. The van der Waals surface area contributed by atoms with Crippen molar-refractivity contribution in [3.63, 3.8) is 0 Å². The summed E-state index contributed by atoms with van der Waals surface area (Å²) in [5.74, 6) is 0.152. The maximum absolute atomic E-state index is 11.4. The largest absolute Gasteiger partial charge is 0.491 e. The van der Waals surface area contributed by atoms with Crippen molar-refractivity contribution in [3.05, 3.63) is 73.1 Å². The first kappa shape index (κ1) is 22.1. The molecule has 1 aliphatic rings. The third-order valence-electron chi connectivity index (χ3n) is 5.68. The first-order valence-electron chi connectivity index (χ1n) is 11.3. The van der Waals surface area contributed by atoms with Gasteiger partial charge in [-0.3, -0.25) is 9.20 Å². The molecular formula is C27H27N3O4. The van der Waals surface area contributed by atoms with Crippen LogP contribution in [0.5, 0.6) is 5.75 Å². The van der Waals surface area contributed by atoms with Crippen molar-refractivity contribution in [3.8, 4) is 28.1 Å². The Bertz CT molecular complexity index is 1330. The standard InChI is InChI=1S/C27H27N3O4/c1-18(31)29-22-6-4-5-21(13-22)25-15-28-26-14-20(11-12-30(25)26)19-7-9-23(10-8-19)32-16-24-17-33-27(2,3)34-24/h4-15,24H,16-17H2,1-3H3,(H,29,31). The number of fused-ring (bicyclic) bond motifs is 1. The van der Waals surface area contributed by atoms with Gasteiger partial charge < -0.3 is 19.5 Å². The van der Waals surface area contributed by atoms with Crippen LogP contribution in [0, 0.1) is 0 Å². The van der Waals surface area contributed by atoms with E-state index in [4.69, 9.17) is 14.2 Å². The number of ether oxygens (including phenoxy) is 3. The molecule has 7 nitrogen and oxygen atoms in total. The Balaban J connectivity index is 1.31. The Hall–Kier alpha value is -3.68. The molecule has 1 saturated heterocycles. The number of amides is 1. The average Bonchev–Trinajstić information content (AvgIpc) is 3.40. The fourth-order valence-corrected chi connectivity index (χ4v) is 4.11. The van der Waals surface area contributed by atoms with E-state index < -0.39 is 5.79 Å². The summed E-state index contributed by atoms with van der Waals surface area (Å²) in [5.41, 5.74) is 5.69. The minimum atomic E-state index is -0.544. The second kappa shape index (κ2) is 8.93. The van der Waals surface area contributed by atoms with E-state index in [1.165, 1.54) is 6.92 Å². The van der Waals surface area contributed by atoms with Gasteiger partial charge in [0.1, 0.15) is 24.1 Å². The van der Waals surface area contributed by atoms with Crippen molar-refractivity contribution in [1.82, 2.24) is 9.38 Å². The highest BCUT2D eigenvalue weighted by atomic mass is 16.7. The first-order valence-corrected chi connectivity index (χ1v) is 11.3. The number of nitrogens with one attached hydrogen (secondary N) is 1. The maximum atomic E-state index is 11.4. The topological polar surface area (TPSA) is 74.1 Å². The van der Waals surface area contributed by atoms with Gasteiger partial charge in [-0.1, -0.05) is 24.3 Å². The molecule has 1 atom stereocenters. The average molecular weight is 458 g/mol. The molecule has 174 valence electrons. The molecule has 5 rings (SSSR count). The van der Waals surface area contributed by atoms with Crippen molar-refractivity contribution in [2.45, 2.75) is 32.7 Å². The van der Waals surface area contributed by atoms with Crippen LogP contribution in [0.1, 0.15) is 20.8 Å². The van der Waals surface area contributed by atoms with Gasteiger partial charge in [0.25, 0.3) is 0 Å². The lowest BCUT2D eigenvalue weighted by Gasteiger charge is -2.17. The second-order valence-corrected chi connectivity index (χ2v) is 8.84. The third-order valence-corrected chi connectivity index (χ3v) is 5.68. The lowest BCUT2D eigenvalue weighted by atomic mass is 10.1. The third kappa shape index (κ3) is 4.81. The number of imidazole rings is 1. The van der Waals surface area contributed by atoms with E-state index in [-0.39, 0.29) is 12.0 Å². The molecule has 2 aromatic carbocycles. The molecule has 1 aliphatic heterocycles. The summed E-state index contributed by atoms with van der Waals surface area (Å²) < 4.78 is 19.3. The van der Waals surface area contributed by atoms with E-state index in [1.807, 2.05) is 79.2 Å². The van der Waals surface area contributed by atoms with Crippen LogP contribution in [-0.4, -0.2) is 40.4 Å². The Morgan fingerprint density at radius 2 is 1.94 bits per heavy atom. The van der Waals surface area contributed by atoms with Gasteiger partial charge in [-0.25, -0.2) is 4.98 Å². The van der Waals surface area contributed by atoms with Crippen LogP contribution in [0.25, 0.3) is 28.0 Å². The van der Waals surface area contributed by atoms with Crippen molar-refractivity contribution >= 4 is 17.2 Å². The van der Waals surface area contributed by atoms with Gasteiger partial charge in [0.2, 0.25) is 5.91 Å². The number of nitrogens with zero attached hydrogens (tertiary/aromatic N) is 2. The van der Waals surface area contributed by atoms with Gasteiger partial charge in [0, 0.05) is 24.4 Å². The predicted molar refractivity (Wildman–Crippen MR) is 131 cm³/mol. The van der Waals surface area contributed by atoms with Gasteiger partial charge in [-0.05, 0) is 61.4 Å². The van der Waals surface area contributed by atoms with Gasteiger partial charge in [-0.2, -0.15) is 0 Å². The lowest BCUT2D eigenvalue weighted by molar-refractivity contribution is -0.141. The molecular weight excluding hydrogens is 430 g/mol. The van der Waals surface area contributed by atoms with Gasteiger partial charge in [0.15, 0.2) is 5.79 Å². The van der Waals surface area contributed by atoms with Gasteiger partial charge in [-0.15, -0.1) is 0 Å². The Morgan fingerprint density at radius 3 is 2.68 bits per heavy atom. The fourth-order valence-electron chi connectivity index (χ4n) is 4.11. The Labute approximate surface area is 198 Å². The zero-order valence-corrected chi connectivity index (χ0v) is 19.4. The van der Waals surface area contributed by atoms with E-state index in [9.17, 15) is 4.79 Å². The molecule has 0 saturated carbocycles. The molecule has 4 aromatic rings. The summed E-state index contributed by atoms with van der Waals surface area (Å²) in [6.07, 6.45) is 3.80. The SMILES string of the molecule is CC(=O)Nc1cccc(-c2cnc3cc(-c4ccc(OCC5COC(C)(C)O5)cc4)ccn23)c1. The summed E-state index contributed by atoms with van der Waals surface area (Å²) in [7, 11) is 0. The molecule has 0 radical (unpaired) electrons. The van der Waals surface area contributed by atoms with Crippen LogP contribution in [0.15, 0.2) is 73.1 Å². The number of benzene rings is 2. The van der Waals surface area contributed by atoms with Crippen molar-refractivity contribution in [2.75, 3.05) is 18.5 Å². The Morgan fingerprint density at radius 1 is 1.12 bits per heavy atom. The molecule has 7 heteroatoms. The number of aromatic nitrogens is 2. The van der Waals surface area contributed by atoms with E-state index in [1.54, 1.807) is 0 Å². The van der Waals surface area contributed by atoms with E-state index in [0.29, 0.717) is 13.2 Å². The lowest BCUT2D eigenvalue weighted by Crippen LogP contribution is -2.25. The van der Waals surface area contributed by atoms with Crippen LogP contribution in [0.3, 0.4) is 0 Å². The van der Waals surface area contributed by atoms with Gasteiger partial charge in [0.05, 0.1) is 18.5 Å². The molecule has 3 heterocycles. The van der Waals surface area contributed by atoms with Crippen molar-refractivity contribution in [2.24, 2.45) is 0 Å². The predicted octanol–water partition coefficient (Wildman–Crippen LogP) is 5.16. The fraction of sp³-hybridized carbons (Fsp3) is 0.259. The van der Waals surface area contributed by atoms with Crippen LogP contribution < -0.4 is 10.1 Å². The monoisotopic (exact) mass is 457 g/mol. The van der Waals surface area contributed by atoms with Crippen molar-refractivity contribution in [1.29, 1.82) is 0 Å². The summed E-state index contributed by atoms with van der Waals surface area (Å²) in [4.78, 5) is 16.0. The molecule has 1 amide bonds. The first-order chi connectivity index (χ1) is 16.4. The van der Waals surface area contributed by atoms with E-state index >= 15 is 0 Å². The molecule has 1 N–H and O–H groups in total. The van der Waals surface area contributed by atoms with E-state index in [2.05, 4.69) is 22.4 Å². The quantitative estimate of drug-likeness (QED) is 0.433. The number of carbonyl (C=O) groups excluding carboxylic acids is 1. The van der Waals surface area contributed by atoms with Crippen molar-refractivity contribution < 1.29 is 19.0 Å². The van der Waals surface area contributed by atoms with Crippen LogP contribution in [0.2, 0.25) is 0 Å². The Kier molecular flexibility index (Phi) is 5.81. The molecule has 1 unspecified atom stereocenters. The molecule has 0 bridgehead atoms. The van der Waals surface area contributed by atoms with Crippen LogP contribution in [0.4, 0.5) is 5.69 Å². The number of anilines is 1. The molecule has 0 spiro atoms. The summed E-state index contributed by atoms with van der Waals surface area (Å²) in [6, 6.07) is 19.9. The number of pyridine rings is 1. The molecule has 0 aliphatic carbocycles. The summed E-state index contributed by atoms with van der Waals surface area (Å²) in [5, 5.41) is 2.83. The maximum Gasteiger partial charge on any atom is 0.221 e. The minimum absolute atomic E-state index is 0.0642. The summed E-state index contributed by atoms with van der Waals surface area (Å²) >= 11 is 0. The van der Waals surface area contributed by atoms with Crippen LogP contribution in [-0.2, 0) is 14.3 Å². The zero-order valence-electron chi connectivity index (χ0n) is 19.4. The number of hydrogen-bond donors (Lipinski definition) is 1. The summed E-state index contributed by atoms with van der Waals surface area (Å²) in [6.45, 7) is 6.30. The molecule has 34 heavy (non-hydrogen) atoms. The highest BCUT2D eigenvalue weighted by Gasteiger charge is 2.32. The molecule has 1 fully saturated rings. The minimum Gasteiger partial charge on any atom is -0.491 e. The normalized spacial score (nSPS) is 17.1. The highest BCUT2D eigenvalue weighted by Crippen LogP contribution is 2.28. The number of hydrogen-bond acceptors (Lipinski definition) is 5. The zero-order chi connectivity index (χ0) is 23.7. The molecule has 2 aromatic heterocycles. The smallest absolute Gasteiger partial charge is 0.221 e. The van der Waals surface area contributed by atoms with Crippen LogP contribution >= 0.6 is 0 Å². The number of rotatable bonds is 6.